The molecule has 3 N–H and O–H groups in total. The highest BCUT2D eigenvalue weighted by atomic mass is 14.8. The van der Waals surface area contributed by atoms with Crippen LogP contribution in [0.2, 0.25) is 0 Å². The number of nitrogens with one attached hydrogen (secondary N) is 1. The fourth-order valence-corrected chi connectivity index (χ4v) is 3.65. The molecule has 2 heteroatoms. The van der Waals surface area contributed by atoms with Crippen LogP contribution in [0.25, 0.3) is 11.3 Å². The molecule has 3 aromatic carbocycles. The number of hydrogen-bond acceptors (Lipinski definition) is 2. The number of allylic oxidation sites excluding steroid dienone is 6. The molecule has 3 aromatic rings. The Bertz CT molecular complexity index is 1120. The molecule has 188 valence electrons. The number of nitrogens with two attached hydrogens (primary N) is 1. The predicted molar refractivity (Wildman–Crippen MR) is 160 cm³/mol. The van der Waals surface area contributed by atoms with Crippen molar-refractivity contribution in [2.75, 3.05) is 5.32 Å². The highest BCUT2D eigenvalue weighted by molar-refractivity contribution is 5.79. The van der Waals surface area contributed by atoms with Crippen LogP contribution in [0.1, 0.15) is 64.5 Å². The molecule has 0 spiro atoms. The van der Waals surface area contributed by atoms with Crippen LogP contribution in [0.3, 0.4) is 0 Å². The Morgan fingerprint density at radius 3 is 1.86 bits per heavy atom. The van der Waals surface area contributed by atoms with Gasteiger partial charge in [0.15, 0.2) is 0 Å². The van der Waals surface area contributed by atoms with Gasteiger partial charge in [0.2, 0.25) is 0 Å². The van der Waals surface area contributed by atoms with E-state index in [2.05, 4.69) is 87.8 Å². The molecule has 0 saturated heterocycles. The lowest BCUT2D eigenvalue weighted by Gasteiger charge is -2.10. The Labute approximate surface area is 219 Å². The average molecular weight is 479 g/mol. The second kappa shape index (κ2) is 16.8. The van der Waals surface area contributed by atoms with E-state index in [0.29, 0.717) is 0 Å². The van der Waals surface area contributed by atoms with Crippen molar-refractivity contribution < 1.29 is 0 Å². The topological polar surface area (TPSA) is 38.0 Å². The Hall–Kier alpha value is -3.78. The largest absolute Gasteiger partial charge is 0.398 e. The molecule has 36 heavy (non-hydrogen) atoms. The molecular weight excluding hydrogens is 436 g/mol. The minimum absolute atomic E-state index is 0.830. The summed E-state index contributed by atoms with van der Waals surface area (Å²) in [5, 5.41) is 3.38. The number of anilines is 1. The van der Waals surface area contributed by atoms with Crippen LogP contribution in [-0.2, 0) is 0 Å². The van der Waals surface area contributed by atoms with Crippen LogP contribution < -0.4 is 11.1 Å². The number of hydrogen-bond donors (Lipinski definition) is 2. The molecule has 0 bridgehead atoms. The monoisotopic (exact) mass is 478 g/mol. The zero-order valence-electron chi connectivity index (χ0n) is 22.4. The van der Waals surface area contributed by atoms with Gasteiger partial charge in [0.1, 0.15) is 0 Å². The summed E-state index contributed by atoms with van der Waals surface area (Å²) in [6, 6.07) is 30.8. The second-order valence-electron chi connectivity index (χ2n) is 8.83. The van der Waals surface area contributed by atoms with E-state index in [1.807, 2.05) is 60.7 Å². The van der Waals surface area contributed by atoms with Crippen molar-refractivity contribution in [3.63, 3.8) is 0 Å². The van der Waals surface area contributed by atoms with Gasteiger partial charge in [-0.05, 0) is 68.0 Å². The summed E-state index contributed by atoms with van der Waals surface area (Å²) in [6.07, 6.45) is 13.2. The van der Waals surface area contributed by atoms with Crippen molar-refractivity contribution in [1.82, 2.24) is 0 Å². The van der Waals surface area contributed by atoms with E-state index in [1.54, 1.807) is 0 Å². The smallest absolute Gasteiger partial charge is 0.0387 e. The number of benzene rings is 3. The Balaban J connectivity index is 0.000000261. The molecule has 0 aromatic heterocycles. The van der Waals surface area contributed by atoms with E-state index < -0.39 is 0 Å². The first-order valence-electron chi connectivity index (χ1n) is 13.0. The quantitative estimate of drug-likeness (QED) is 0.285. The van der Waals surface area contributed by atoms with E-state index in [1.165, 1.54) is 35.1 Å². The fraction of sp³-hybridized carbons (Fsp3) is 0.235. The molecule has 2 nitrogen and oxygen atoms in total. The van der Waals surface area contributed by atoms with Crippen molar-refractivity contribution in [3.8, 4) is 0 Å². The van der Waals surface area contributed by atoms with E-state index in [4.69, 9.17) is 5.73 Å². The maximum Gasteiger partial charge on any atom is 0.0387 e. The molecule has 3 rings (SSSR count). The molecule has 0 saturated carbocycles. The zero-order chi connectivity index (χ0) is 26.0. The van der Waals surface area contributed by atoms with Gasteiger partial charge < -0.3 is 11.1 Å². The lowest BCUT2D eigenvalue weighted by molar-refractivity contribution is 0.787. The molecule has 0 fully saturated rings. The van der Waals surface area contributed by atoms with Gasteiger partial charge in [-0.3, -0.25) is 0 Å². The molecule has 0 atom stereocenters. The zero-order valence-corrected chi connectivity index (χ0v) is 22.4. The summed E-state index contributed by atoms with van der Waals surface area (Å²) >= 11 is 0. The van der Waals surface area contributed by atoms with Gasteiger partial charge in [-0.25, -0.2) is 0 Å². The summed E-state index contributed by atoms with van der Waals surface area (Å²) in [5.74, 6) is 0. The Morgan fingerprint density at radius 2 is 1.31 bits per heavy atom. The molecule has 0 amide bonds. The normalized spacial score (nSPS) is 12.6. The molecule has 0 unspecified atom stereocenters. The number of para-hydroxylation sites is 1. The van der Waals surface area contributed by atoms with Gasteiger partial charge in [-0.2, -0.15) is 0 Å². The number of rotatable bonds is 10. The van der Waals surface area contributed by atoms with Crippen molar-refractivity contribution in [2.45, 2.75) is 53.4 Å². The van der Waals surface area contributed by atoms with Crippen molar-refractivity contribution in [3.05, 3.63) is 138 Å². The first-order valence-corrected chi connectivity index (χ1v) is 13.0. The molecule has 0 radical (unpaired) electrons. The third kappa shape index (κ3) is 10.7. The van der Waals surface area contributed by atoms with Crippen LogP contribution >= 0.6 is 0 Å². The predicted octanol–water partition coefficient (Wildman–Crippen LogP) is 9.62. The van der Waals surface area contributed by atoms with Crippen LogP contribution in [-0.4, -0.2) is 0 Å². The molecule has 0 aliphatic rings. The summed E-state index contributed by atoms with van der Waals surface area (Å²) < 4.78 is 0. The van der Waals surface area contributed by atoms with Crippen LogP contribution in [0.15, 0.2) is 127 Å². The first kappa shape index (κ1) is 28.5. The standard InChI is InChI=1S/C19H21N.C15H21N/c1-3-10-16(2)19(17-11-6-4-7-12-17)15-20-18-13-8-5-9-14-18;1-3-4-8-13(2)11-12-15(16)14-9-6-5-7-10-14/h4-15,20H,3H2,1-2H3;5-7,9-12H,3-4,8,16H2,1-2H3/b16-10-,19-15+;13-11-,15-12-. The molecule has 0 heterocycles. The third-order valence-corrected chi connectivity index (χ3v) is 5.76. The van der Waals surface area contributed by atoms with Crippen molar-refractivity contribution >= 4 is 17.0 Å². The maximum absolute atomic E-state index is 5.99. The van der Waals surface area contributed by atoms with E-state index in [9.17, 15) is 0 Å². The number of unbranched alkanes of at least 4 members (excludes halogenated alkanes) is 1. The van der Waals surface area contributed by atoms with Gasteiger partial charge in [-0.15, -0.1) is 0 Å². The second-order valence-corrected chi connectivity index (χ2v) is 8.83. The van der Waals surface area contributed by atoms with E-state index in [0.717, 1.165) is 29.8 Å². The summed E-state index contributed by atoms with van der Waals surface area (Å²) in [5.41, 5.74) is 14.2. The summed E-state index contributed by atoms with van der Waals surface area (Å²) in [4.78, 5) is 0. The lowest BCUT2D eigenvalue weighted by Crippen LogP contribution is -1.94. The summed E-state index contributed by atoms with van der Waals surface area (Å²) in [6.45, 7) is 8.69. The Kier molecular flexibility index (Phi) is 13.3. The highest BCUT2D eigenvalue weighted by Gasteiger charge is 2.03. The first-order chi connectivity index (χ1) is 17.5. The highest BCUT2D eigenvalue weighted by Crippen LogP contribution is 2.23. The van der Waals surface area contributed by atoms with E-state index >= 15 is 0 Å². The minimum atomic E-state index is 0.830. The van der Waals surface area contributed by atoms with Crippen molar-refractivity contribution in [2.24, 2.45) is 5.73 Å². The SMILES string of the molecule is CC/C=C(C)\C(=C/Nc1ccccc1)c1ccccc1.CCCC/C(C)=C\C=C(/N)c1ccccc1. The minimum Gasteiger partial charge on any atom is -0.398 e. The summed E-state index contributed by atoms with van der Waals surface area (Å²) in [7, 11) is 0. The van der Waals surface area contributed by atoms with Gasteiger partial charge in [-0.1, -0.05) is 117 Å². The molecule has 0 aliphatic carbocycles. The van der Waals surface area contributed by atoms with Gasteiger partial charge in [0, 0.05) is 23.2 Å². The molecular formula is C34H42N2. The maximum atomic E-state index is 5.99. The third-order valence-electron chi connectivity index (χ3n) is 5.76. The van der Waals surface area contributed by atoms with E-state index in [-0.39, 0.29) is 0 Å². The van der Waals surface area contributed by atoms with Gasteiger partial charge in [0.25, 0.3) is 0 Å². The van der Waals surface area contributed by atoms with Crippen LogP contribution in [0, 0.1) is 0 Å². The van der Waals surface area contributed by atoms with Crippen LogP contribution in [0.4, 0.5) is 5.69 Å². The molecule has 0 aliphatic heterocycles. The van der Waals surface area contributed by atoms with Crippen molar-refractivity contribution in [1.29, 1.82) is 0 Å². The van der Waals surface area contributed by atoms with Gasteiger partial charge >= 0.3 is 0 Å². The fourth-order valence-electron chi connectivity index (χ4n) is 3.65. The average Bonchev–Trinajstić information content (AvgIpc) is 2.93. The Morgan fingerprint density at radius 1 is 0.750 bits per heavy atom. The van der Waals surface area contributed by atoms with Crippen LogP contribution in [0.5, 0.6) is 0 Å². The lowest BCUT2D eigenvalue weighted by atomic mass is 9.99. The van der Waals surface area contributed by atoms with Gasteiger partial charge in [0.05, 0.1) is 0 Å².